The molecule has 1 aromatic rings. The second-order valence-electron chi connectivity index (χ2n) is 4.77. The summed E-state index contributed by atoms with van der Waals surface area (Å²) in [4.78, 5) is 10.8. The third kappa shape index (κ3) is 1.62. The molecule has 1 aromatic carbocycles. The summed E-state index contributed by atoms with van der Waals surface area (Å²) in [6, 6.07) is 6.28. The molecule has 0 unspecified atom stereocenters. The maximum absolute atomic E-state index is 10.8. The van der Waals surface area contributed by atoms with Crippen LogP contribution in [0.2, 0.25) is 0 Å². The summed E-state index contributed by atoms with van der Waals surface area (Å²) in [6.45, 7) is 0.832. The molecule has 84 valence electrons. The van der Waals surface area contributed by atoms with E-state index in [4.69, 9.17) is 4.74 Å². The first kappa shape index (κ1) is 9.88. The molecule has 0 radical (unpaired) electrons. The standard InChI is InChI=1S/C14H16O2/c15-9-10-8-13(10)11-5-3-6-14-12(11)4-1-2-7-16-14/h3,5-6,9-10,13H,1-2,4,7-8H2/t10-,13+/m0/s1. The van der Waals surface area contributed by atoms with Crippen molar-refractivity contribution in [2.75, 3.05) is 6.61 Å². The number of ether oxygens (including phenoxy) is 1. The molecule has 1 fully saturated rings. The molecule has 0 saturated heterocycles. The first-order valence-electron chi connectivity index (χ1n) is 6.10. The van der Waals surface area contributed by atoms with Crippen molar-refractivity contribution < 1.29 is 9.53 Å². The Hall–Kier alpha value is -1.31. The van der Waals surface area contributed by atoms with Crippen molar-refractivity contribution in [3.63, 3.8) is 0 Å². The van der Waals surface area contributed by atoms with Gasteiger partial charge in [0, 0.05) is 5.92 Å². The highest BCUT2D eigenvalue weighted by Gasteiger charge is 2.39. The summed E-state index contributed by atoms with van der Waals surface area (Å²) in [5.41, 5.74) is 2.71. The van der Waals surface area contributed by atoms with E-state index in [0.717, 1.165) is 37.9 Å². The summed E-state index contributed by atoms with van der Waals surface area (Å²) in [7, 11) is 0. The van der Waals surface area contributed by atoms with Crippen LogP contribution < -0.4 is 4.74 Å². The molecule has 0 N–H and O–H groups in total. The Labute approximate surface area is 95.6 Å². The molecule has 0 amide bonds. The molecule has 1 saturated carbocycles. The fraction of sp³-hybridized carbons (Fsp3) is 0.500. The highest BCUT2D eigenvalue weighted by molar-refractivity contribution is 5.62. The lowest BCUT2D eigenvalue weighted by atomic mass is 9.97. The Morgan fingerprint density at radius 2 is 2.25 bits per heavy atom. The molecule has 0 bridgehead atoms. The van der Waals surface area contributed by atoms with E-state index < -0.39 is 0 Å². The van der Waals surface area contributed by atoms with E-state index in [1.807, 2.05) is 0 Å². The zero-order valence-electron chi connectivity index (χ0n) is 9.32. The molecule has 3 rings (SSSR count). The average molecular weight is 216 g/mol. The number of hydrogen-bond donors (Lipinski definition) is 0. The van der Waals surface area contributed by atoms with Gasteiger partial charge in [0.15, 0.2) is 0 Å². The maximum Gasteiger partial charge on any atom is 0.123 e. The molecule has 2 aliphatic rings. The van der Waals surface area contributed by atoms with Crippen LogP contribution in [0.4, 0.5) is 0 Å². The van der Waals surface area contributed by atoms with Crippen LogP contribution in [-0.2, 0) is 11.2 Å². The Bertz CT molecular complexity index is 411. The van der Waals surface area contributed by atoms with E-state index in [1.54, 1.807) is 0 Å². The lowest BCUT2D eigenvalue weighted by Gasteiger charge is -2.11. The quantitative estimate of drug-likeness (QED) is 0.710. The lowest BCUT2D eigenvalue weighted by Crippen LogP contribution is -1.97. The van der Waals surface area contributed by atoms with Crippen molar-refractivity contribution in [2.24, 2.45) is 5.92 Å². The number of fused-ring (bicyclic) bond motifs is 1. The van der Waals surface area contributed by atoms with Crippen molar-refractivity contribution in [3.05, 3.63) is 29.3 Å². The van der Waals surface area contributed by atoms with Gasteiger partial charge in [-0.1, -0.05) is 12.1 Å². The van der Waals surface area contributed by atoms with Crippen LogP contribution in [0.3, 0.4) is 0 Å². The van der Waals surface area contributed by atoms with Crippen molar-refractivity contribution in [2.45, 2.75) is 31.6 Å². The summed E-state index contributed by atoms with van der Waals surface area (Å²) < 4.78 is 5.75. The monoisotopic (exact) mass is 216 g/mol. The summed E-state index contributed by atoms with van der Waals surface area (Å²) in [6.07, 6.45) is 5.56. The predicted molar refractivity (Wildman–Crippen MR) is 61.8 cm³/mol. The first-order valence-corrected chi connectivity index (χ1v) is 6.10. The van der Waals surface area contributed by atoms with Crippen molar-refractivity contribution in [3.8, 4) is 5.75 Å². The van der Waals surface area contributed by atoms with Gasteiger partial charge in [0.05, 0.1) is 6.61 Å². The third-order valence-corrected chi connectivity index (χ3v) is 3.66. The van der Waals surface area contributed by atoms with Crippen LogP contribution in [0.25, 0.3) is 0 Å². The van der Waals surface area contributed by atoms with Gasteiger partial charge in [-0.25, -0.2) is 0 Å². The van der Waals surface area contributed by atoms with Gasteiger partial charge >= 0.3 is 0 Å². The van der Waals surface area contributed by atoms with Crippen LogP contribution in [-0.4, -0.2) is 12.9 Å². The number of benzene rings is 1. The zero-order valence-corrected chi connectivity index (χ0v) is 9.32. The lowest BCUT2D eigenvalue weighted by molar-refractivity contribution is -0.108. The Morgan fingerprint density at radius 3 is 3.06 bits per heavy atom. The minimum atomic E-state index is 0.259. The minimum absolute atomic E-state index is 0.259. The van der Waals surface area contributed by atoms with Gasteiger partial charge in [-0.3, -0.25) is 0 Å². The molecule has 2 nitrogen and oxygen atoms in total. The maximum atomic E-state index is 10.8. The van der Waals surface area contributed by atoms with Gasteiger partial charge in [-0.15, -0.1) is 0 Å². The first-order chi connectivity index (χ1) is 7.90. The molecule has 1 heterocycles. The zero-order chi connectivity index (χ0) is 11.0. The molecule has 16 heavy (non-hydrogen) atoms. The SMILES string of the molecule is O=C[C@@H]1C[C@H]1c1cccc2c1CCCCO2. The normalized spacial score (nSPS) is 27.5. The fourth-order valence-corrected chi connectivity index (χ4v) is 2.64. The smallest absolute Gasteiger partial charge is 0.123 e. The third-order valence-electron chi connectivity index (χ3n) is 3.66. The van der Waals surface area contributed by atoms with E-state index >= 15 is 0 Å². The van der Waals surface area contributed by atoms with Crippen LogP contribution >= 0.6 is 0 Å². The second kappa shape index (κ2) is 3.93. The van der Waals surface area contributed by atoms with E-state index in [9.17, 15) is 4.79 Å². The van der Waals surface area contributed by atoms with Crippen LogP contribution in [0.1, 0.15) is 36.3 Å². The number of aldehydes is 1. The predicted octanol–water partition coefficient (Wildman–Crippen LogP) is 2.70. The van der Waals surface area contributed by atoms with Gasteiger partial charge in [0.25, 0.3) is 0 Å². The highest BCUT2D eigenvalue weighted by atomic mass is 16.5. The Morgan fingerprint density at radius 1 is 1.31 bits per heavy atom. The Kier molecular flexibility index (Phi) is 2.43. The van der Waals surface area contributed by atoms with Crippen molar-refractivity contribution in [1.82, 2.24) is 0 Å². The summed E-state index contributed by atoms with van der Waals surface area (Å²) >= 11 is 0. The molecule has 1 aliphatic heterocycles. The van der Waals surface area contributed by atoms with E-state index in [1.165, 1.54) is 17.5 Å². The topological polar surface area (TPSA) is 26.3 Å². The van der Waals surface area contributed by atoms with Crippen molar-refractivity contribution in [1.29, 1.82) is 0 Å². The molecule has 2 atom stereocenters. The summed E-state index contributed by atoms with van der Waals surface area (Å²) in [5.74, 6) is 1.77. The van der Waals surface area contributed by atoms with Crippen LogP contribution in [0.15, 0.2) is 18.2 Å². The summed E-state index contributed by atoms with van der Waals surface area (Å²) in [5, 5.41) is 0. The minimum Gasteiger partial charge on any atom is -0.493 e. The van der Waals surface area contributed by atoms with Gasteiger partial charge in [-0.05, 0) is 48.8 Å². The second-order valence-corrected chi connectivity index (χ2v) is 4.77. The van der Waals surface area contributed by atoms with Crippen molar-refractivity contribution >= 4 is 6.29 Å². The number of rotatable bonds is 2. The van der Waals surface area contributed by atoms with Gasteiger partial charge < -0.3 is 9.53 Å². The van der Waals surface area contributed by atoms with Gasteiger partial charge in [0.1, 0.15) is 12.0 Å². The molecule has 2 heteroatoms. The van der Waals surface area contributed by atoms with Crippen LogP contribution in [0.5, 0.6) is 5.75 Å². The Balaban J connectivity index is 1.96. The molecule has 0 aromatic heterocycles. The van der Waals surface area contributed by atoms with Crippen LogP contribution in [0, 0.1) is 5.92 Å². The van der Waals surface area contributed by atoms with Gasteiger partial charge in [0.2, 0.25) is 0 Å². The molecular formula is C14H16O2. The number of carbonyl (C=O) groups is 1. The van der Waals surface area contributed by atoms with Gasteiger partial charge in [-0.2, -0.15) is 0 Å². The largest absolute Gasteiger partial charge is 0.493 e. The van der Waals surface area contributed by atoms with E-state index in [0.29, 0.717) is 5.92 Å². The molecule has 0 spiro atoms. The molecule has 1 aliphatic carbocycles. The average Bonchev–Trinajstić information content (AvgIpc) is 3.11. The fourth-order valence-electron chi connectivity index (χ4n) is 2.64. The molecular weight excluding hydrogens is 200 g/mol. The highest BCUT2D eigenvalue weighted by Crippen LogP contribution is 2.48. The van der Waals surface area contributed by atoms with E-state index in [2.05, 4.69) is 18.2 Å². The number of carbonyl (C=O) groups excluding carboxylic acids is 1. The van der Waals surface area contributed by atoms with E-state index in [-0.39, 0.29) is 5.92 Å². The number of hydrogen-bond acceptors (Lipinski definition) is 2.